The summed E-state index contributed by atoms with van der Waals surface area (Å²) in [4.78, 5) is 0. The molecule has 2 saturated carbocycles. The van der Waals surface area contributed by atoms with Gasteiger partial charge in [0.15, 0.2) is 0 Å². The lowest BCUT2D eigenvalue weighted by atomic mass is 9.81. The molecule has 0 radical (unpaired) electrons. The van der Waals surface area contributed by atoms with Gasteiger partial charge in [0.1, 0.15) is 0 Å². The standard InChI is InChI=1S/C36H44/c1-23(2)27-8-14-30(15-9-27)35-21-33(29-12-13-29)20-34(35)25(4)16-24(3)31-17-26(22-36(5,6)7)18-32(19-31)28-10-11-28/h8-9,14-15,17-21,25,28-29,35H,1,3,10-13,16,22H2,2,4-7H3/t25-,35?/m1/s1. The highest BCUT2D eigenvalue weighted by atomic mass is 14.4. The Kier molecular flexibility index (Phi) is 6.75. The molecule has 188 valence electrons. The summed E-state index contributed by atoms with van der Waals surface area (Å²) in [5.74, 6) is 2.40. The second kappa shape index (κ2) is 9.70. The molecule has 36 heavy (non-hydrogen) atoms. The van der Waals surface area contributed by atoms with Gasteiger partial charge in [0.05, 0.1) is 0 Å². The molecule has 3 aliphatic carbocycles. The van der Waals surface area contributed by atoms with Crippen molar-refractivity contribution in [3.8, 4) is 0 Å². The number of benzene rings is 2. The predicted molar refractivity (Wildman–Crippen MR) is 157 cm³/mol. The van der Waals surface area contributed by atoms with E-state index in [0.717, 1.165) is 30.3 Å². The molecule has 0 nitrogen and oxygen atoms in total. The van der Waals surface area contributed by atoms with Crippen molar-refractivity contribution < 1.29 is 0 Å². The average molecular weight is 477 g/mol. The van der Waals surface area contributed by atoms with E-state index in [0.29, 0.717) is 17.3 Å². The van der Waals surface area contributed by atoms with E-state index in [-0.39, 0.29) is 0 Å². The lowest BCUT2D eigenvalue weighted by Gasteiger charge is -2.23. The van der Waals surface area contributed by atoms with Crippen molar-refractivity contribution >= 4 is 11.1 Å². The number of hydrogen-bond donors (Lipinski definition) is 0. The van der Waals surface area contributed by atoms with Crippen LogP contribution in [0.2, 0.25) is 0 Å². The first-order chi connectivity index (χ1) is 17.1. The minimum absolute atomic E-state index is 0.292. The molecule has 5 rings (SSSR count). The lowest BCUT2D eigenvalue weighted by molar-refractivity contribution is 0.411. The SMILES string of the molecule is C=C(C)c1ccc(C2C=C(C3CC3)C=C2[C@H](C)CC(=C)c2cc(CC(C)(C)C)cc(C3CC3)c2)cc1. The van der Waals surface area contributed by atoms with Crippen molar-refractivity contribution in [1.82, 2.24) is 0 Å². The molecule has 0 bridgehead atoms. The van der Waals surface area contributed by atoms with E-state index in [9.17, 15) is 0 Å². The molecule has 0 aliphatic heterocycles. The first-order valence-corrected chi connectivity index (χ1v) is 14.1. The molecule has 0 heterocycles. The fourth-order valence-electron chi connectivity index (χ4n) is 5.90. The minimum atomic E-state index is 0.292. The van der Waals surface area contributed by atoms with E-state index in [2.05, 4.69) is 102 Å². The predicted octanol–water partition coefficient (Wildman–Crippen LogP) is 10.3. The Bertz CT molecular complexity index is 1220. The quantitative estimate of drug-likeness (QED) is 0.337. The van der Waals surface area contributed by atoms with Crippen LogP contribution in [0.5, 0.6) is 0 Å². The molecule has 1 unspecified atom stereocenters. The van der Waals surface area contributed by atoms with Gasteiger partial charge in [-0.1, -0.05) is 107 Å². The fraction of sp³-hybridized carbons (Fsp3) is 0.444. The fourth-order valence-corrected chi connectivity index (χ4v) is 5.90. The van der Waals surface area contributed by atoms with Gasteiger partial charge in [0.2, 0.25) is 0 Å². The molecule has 0 amide bonds. The van der Waals surface area contributed by atoms with Gasteiger partial charge in [-0.05, 0) is 108 Å². The maximum atomic E-state index is 4.64. The molecule has 2 aromatic rings. The molecule has 0 N–H and O–H groups in total. The van der Waals surface area contributed by atoms with Gasteiger partial charge in [-0.25, -0.2) is 0 Å². The van der Waals surface area contributed by atoms with E-state index in [4.69, 9.17) is 0 Å². The minimum Gasteiger partial charge on any atom is -0.0955 e. The van der Waals surface area contributed by atoms with Gasteiger partial charge in [-0.15, -0.1) is 0 Å². The van der Waals surface area contributed by atoms with Gasteiger partial charge in [0.25, 0.3) is 0 Å². The van der Waals surface area contributed by atoms with Crippen molar-refractivity contribution in [3.05, 3.63) is 107 Å². The molecule has 0 saturated heterocycles. The van der Waals surface area contributed by atoms with E-state index < -0.39 is 0 Å². The summed E-state index contributed by atoms with van der Waals surface area (Å²) in [5.41, 5.74) is 12.9. The third kappa shape index (κ3) is 5.86. The van der Waals surface area contributed by atoms with Crippen LogP contribution in [0.25, 0.3) is 11.1 Å². The number of rotatable bonds is 9. The Hall–Kier alpha value is -2.60. The van der Waals surface area contributed by atoms with Crippen LogP contribution in [0.3, 0.4) is 0 Å². The van der Waals surface area contributed by atoms with Crippen molar-refractivity contribution in [3.63, 3.8) is 0 Å². The zero-order valence-electron chi connectivity index (χ0n) is 23.2. The van der Waals surface area contributed by atoms with Gasteiger partial charge in [0, 0.05) is 5.92 Å². The number of allylic oxidation sites excluding steroid dienone is 6. The van der Waals surface area contributed by atoms with E-state index in [1.165, 1.54) is 59.1 Å². The van der Waals surface area contributed by atoms with Gasteiger partial charge >= 0.3 is 0 Å². The largest absolute Gasteiger partial charge is 0.0955 e. The Morgan fingerprint density at radius 3 is 2.14 bits per heavy atom. The first-order valence-electron chi connectivity index (χ1n) is 14.1. The summed E-state index contributed by atoms with van der Waals surface area (Å²) in [6.07, 6.45) is 12.6. The second-order valence-electron chi connectivity index (χ2n) is 13.1. The normalized spacial score (nSPS) is 20.6. The zero-order valence-corrected chi connectivity index (χ0v) is 23.2. The summed E-state index contributed by atoms with van der Waals surface area (Å²) in [5, 5.41) is 0. The summed E-state index contributed by atoms with van der Waals surface area (Å²) >= 11 is 0. The summed E-state index contributed by atoms with van der Waals surface area (Å²) in [6, 6.07) is 16.5. The zero-order chi connectivity index (χ0) is 25.6. The monoisotopic (exact) mass is 476 g/mol. The van der Waals surface area contributed by atoms with Crippen molar-refractivity contribution in [2.75, 3.05) is 0 Å². The highest BCUT2D eigenvalue weighted by Gasteiger charge is 2.33. The van der Waals surface area contributed by atoms with Gasteiger partial charge in [-0.2, -0.15) is 0 Å². The number of hydrogen-bond acceptors (Lipinski definition) is 0. The lowest BCUT2D eigenvalue weighted by Crippen LogP contribution is -2.10. The van der Waals surface area contributed by atoms with E-state index in [1.807, 2.05) is 0 Å². The average Bonchev–Trinajstić information content (AvgIpc) is 3.75. The van der Waals surface area contributed by atoms with Crippen LogP contribution in [0.1, 0.15) is 106 Å². The molecule has 3 aliphatic rings. The Labute approximate surface area is 219 Å². The molecular weight excluding hydrogens is 432 g/mol. The highest BCUT2D eigenvalue weighted by molar-refractivity contribution is 5.66. The molecule has 0 aromatic heterocycles. The van der Waals surface area contributed by atoms with Crippen LogP contribution >= 0.6 is 0 Å². The Morgan fingerprint density at radius 2 is 1.56 bits per heavy atom. The molecule has 0 spiro atoms. The van der Waals surface area contributed by atoms with Crippen LogP contribution in [0.15, 0.2) is 78.9 Å². The van der Waals surface area contributed by atoms with Crippen LogP contribution < -0.4 is 0 Å². The van der Waals surface area contributed by atoms with Crippen molar-refractivity contribution in [2.45, 2.75) is 85.0 Å². The van der Waals surface area contributed by atoms with Crippen molar-refractivity contribution in [2.24, 2.45) is 17.3 Å². The summed E-state index contributed by atoms with van der Waals surface area (Å²) < 4.78 is 0. The second-order valence-corrected chi connectivity index (χ2v) is 13.1. The first kappa shape index (κ1) is 25.1. The third-order valence-corrected chi connectivity index (χ3v) is 8.19. The van der Waals surface area contributed by atoms with Crippen LogP contribution in [0, 0.1) is 17.3 Å². The molecule has 2 atom stereocenters. The smallest absolute Gasteiger partial charge is 0.0240 e. The maximum Gasteiger partial charge on any atom is 0.0240 e. The van der Waals surface area contributed by atoms with Gasteiger partial charge < -0.3 is 0 Å². The maximum absolute atomic E-state index is 4.64. The Balaban J connectivity index is 1.37. The topological polar surface area (TPSA) is 0 Å². The van der Waals surface area contributed by atoms with Crippen LogP contribution in [-0.2, 0) is 6.42 Å². The van der Waals surface area contributed by atoms with E-state index >= 15 is 0 Å². The molecule has 0 heteroatoms. The molecular formula is C36H44. The van der Waals surface area contributed by atoms with Gasteiger partial charge in [-0.3, -0.25) is 0 Å². The summed E-state index contributed by atoms with van der Waals surface area (Å²) in [7, 11) is 0. The van der Waals surface area contributed by atoms with Crippen LogP contribution in [0.4, 0.5) is 0 Å². The molecule has 2 aromatic carbocycles. The van der Waals surface area contributed by atoms with Crippen molar-refractivity contribution in [1.29, 1.82) is 0 Å². The highest BCUT2D eigenvalue weighted by Crippen LogP contribution is 2.48. The van der Waals surface area contributed by atoms with Crippen LogP contribution in [-0.4, -0.2) is 0 Å². The summed E-state index contributed by atoms with van der Waals surface area (Å²) in [6.45, 7) is 20.3. The van der Waals surface area contributed by atoms with E-state index in [1.54, 1.807) is 11.1 Å². The third-order valence-electron chi connectivity index (χ3n) is 8.19. The Morgan fingerprint density at radius 1 is 0.889 bits per heavy atom. The molecule has 2 fully saturated rings.